The van der Waals surface area contributed by atoms with E-state index in [0.29, 0.717) is 18.8 Å². The number of halogens is 1. The molecule has 0 saturated carbocycles. The Bertz CT molecular complexity index is 484. The largest absolute Gasteiger partial charge is 0.323 e. The zero-order valence-corrected chi connectivity index (χ0v) is 11.2. The lowest BCUT2D eigenvalue weighted by Crippen LogP contribution is -2.54. The summed E-state index contributed by atoms with van der Waals surface area (Å²) in [6.45, 7) is 3.01. The number of likely N-dealkylation sites (N-methyl/N-ethyl adjacent to an activating group) is 1. The molecule has 20 heavy (non-hydrogen) atoms. The summed E-state index contributed by atoms with van der Waals surface area (Å²) in [7, 11) is 2.00. The molecule has 0 radical (unpaired) electrons. The van der Waals surface area contributed by atoms with Crippen molar-refractivity contribution in [3.63, 3.8) is 0 Å². The molecule has 1 aliphatic heterocycles. The number of hydrogen-bond donors (Lipinski definition) is 2. The standard InChI is InChI=1S/C13H17FN4O2/c1-17-6-8-18(9-7-17)16-13(20)12(19)15-11-4-2-10(14)3-5-11/h2-5H,6-9H2,1H3,(H,15,19)(H,16,20). The van der Waals surface area contributed by atoms with Crippen molar-refractivity contribution in [1.29, 1.82) is 0 Å². The highest BCUT2D eigenvalue weighted by atomic mass is 19.1. The fourth-order valence-corrected chi connectivity index (χ4v) is 1.83. The van der Waals surface area contributed by atoms with Gasteiger partial charge < -0.3 is 10.2 Å². The van der Waals surface area contributed by atoms with Gasteiger partial charge >= 0.3 is 11.8 Å². The second kappa shape index (κ2) is 6.44. The van der Waals surface area contributed by atoms with Gasteiger partial charge in [-0.05, 0) is 31.3 Å². The molecular formula is C13H17FN4O2. The van der Waals surface area contributed by atoms with E-state index in [2.05, 4.69) is 15.6 Å². The molecule has 1 aromatic carbocycles. The number of carbonyl (C=O) groups excluding carboxylic acids is 2. The number of hydrogen-bond acceptors (Lipinski definition) is 4. The zero-order valence-electron chi connectivity index (χ0n) is 11.2. The fraction of sp³-hybridized carbons (Fsp3) is 0.385. The van der Waals surface area contributed by atoms with E-state index < -0.39 is 17.6 Å². The molecular weight excluding hydrogens is 263 g/mol. The number of benzene rings is 1. The lowest BCUT2D eigenvalue weighted by Gasteiger charge is -2.32. The van der Waals surface area contributed by atoms with Gasteiger partial charge in [0.25, 0.3) is 0 Å². The Kier molecular flexibility index (Phi) is 4.65. The van der Waals surface area contributed by atoms with Crippen LogP contribution in [0.25, 0.3) is 0 Å². The molecule has 0 spiro atoms. The van der Waals surface area contributed by atoms with Gasteiger partial charge in [-0.1, -0.05) is 0 Å². The summed E-state index contributed by atoms with van der Waals surface area (Å²) in [5, 5.41) is 4.13. The number of nitrogens with zero attached hydrogens (tertiary/aromatic N) is 2. The maximum atomic E-state index is 12.7. The summed E-state index contributed by atoms with van der Waals surface area (Å²) in [5.41, 5.74) is 2.93. The predicted octanol–water partition coefficient (Wildman–Crippen LogP) is 0.0428. The van der Waals surface area contributed by atoms with E-state index >= 15 is 0 Å². The summed E-state index contributed by atoms with van der Waals surface area (Å²) in [6, 6.07) is 5.23. The third kappa shape index (κ3) is 4.01. The summed E-state index contributed by atoms with van der Waals surface area (Å²) in [6.07, 6.45) is 0. The normalized spacial score (nSPS) is 16.7. The molecule has 2 amide bonds. The van der Waals surface area contributed by atoms with Crippen LogP contribution in [-0.2, 0) is 9.59 Å². The molecule has 0 unspecified atom stereocenters. The second-order valence-electron chi connectivity index (χ2n) is 4.69. The van der Waals surface area contributed by atoms with Crippen molar-refractivity contribution in [2.24, 2.45) is 0 Å². The molecule has 0 atom stereocenters. The minimum Gasteiger partial charge on any atom is -0.318 e. The van der Waals surface area contributed by atoms with Crippen LogP contribution < -0.4 is 10.7 Å². The van der Waals surface area contributed by atoms with Crippen molar-refractivity contribution in [3.8, 4) is 0 Å². The Morgan fingerprint density at radius 2 is 1.65 bits per heavy atom. The summed E-state index contributed by atoms with van der Waals surface area (Å²) in [5.74, 6) is -1.89. The molecule has 2 N–H and O–H groups in total. The number of anilines is 1. The number of carbonyl (C=O) groups is 2. The Balaban J connectivity index is 1.83. The molecule has 6 nitrogen and oxygen atoms in total. The maximum Gasteiger partial charge on any atom is 0.323 e. The summed E-state index contributed by atoms with van der Waals surface area (Å²) in [4.78, 5) is 25.5. The van der Waals surface area contributed by atoms with Gasteiger partial charge in [0.15, 0.2) is 0 Å². The molecule has 1 aromatic rings. The molecule has 0 bridgehead atoms. The van der Waals surface area contributed by atoms with Crippen molar-refractivity contribution in [2.45, 2.75) is 0 Å². The quantitative estimate of drug-likeness (QED) is 0.751. The van der Waals surface area contributed by atoms with Crippen molar-refractivity contribution >= 4 is 17.5 Å². The molecule has 108 valence electrons. The summed E-state index contributed by atoms with van der Waals surface area (Å²) >= 11 is 0. The number of piperazine rings is 1. The van der Waals surface area contributed by atoms with Crippen LogP contribution >= 0.6 is 0 Å². The van der Waals surface area contributed by atoms with Gasteiger partial charge in [-0.15, -0.1) is 0 Å². The van der Waals surface area contributed by atoms with Crippen LogP contribution in [0.15, 0.2) is 24.3 Å². The van der Waals surface area contributed by atoms with Crippen molar-refractivity contribution in [1.82, 2.24) is 15.3 Å². The average Bonchev–Trinajstić information content (AvgIpc) is 2.44. The van der Waals surface area contributed by atoms with Crippen molar-refractivity contribution in [2.75, 3.05) is 38.5 Å². The molecule has 0 aromatic heterocycles. The van der Waals surface area contributed by atoms with E-state index in [1.807, 2.05) is 7.05 Å². The Hall–Kier alpha value is -1.99. The van der Waals surface area contributed by atoms with Gasteiger partial charge in [0.1, 0.15) is 5.82 Å². The van der Waals surface area contributed by atoms with Gasteiger partial charge in [0, 0.05) is 31.9 Å². The van der Waals surface area contributed by atoms with Crippen LogP contribution in [0.3, 0.4) is 0 Å². The average molecular weight is 280 g/mol. The third-order valence-corrected chi connectivity index (χ3v) is 3.07. The van der Waals surface area contributed by atoms with Crippen LogP contribution in [0.5, 0.6) is 0 Å². The van der Waals surface area contributed by atoms with Gasteiger partial charge in [-0.3, -0.25) is 15.0 Å². The van der Waals surface area contributed by atoms with E-state index in [4.69, 9.17) is 0 Å². The lowest BCUT2D eigenvalue weighted by molar-refractivity contribution is -0.139. The Labute approximate surface area is 116 Å². The minimum atomic E-state index is -0.768. The zero-order chi connectivity index (χ0) is 14.5. The first-order valence-electron chi connectivity index (χ1n) is 6.35. The first-order valence-corrected chi connectivity index (χ1v) is 6.35. The molecule has 7 heteroatoms. The minimum absolute atomic E-state index is 0.380. The Morgan fingerprint density at radius 1 is 1.05 bits per heavy atom. The first-order chi connectivity index (χ1) is 9.54. The number of amides is 2. The van der Waals surface area contributed by atoms with Gasteiger partial charge in [0.2, 0.25) is 0 Å². The van der Waals surface area contributed by atoms with Crippen molar-refractivity contribution < 1.29 is 14.0 Å². The van der Waals surface area contributed by atoms with E-state index in [9.17, 15) is 14.0 Å². The molecule has 1 saturated heterocycles. The van der Waals surface area contributed by atoms with E-state index in [1.165, 1.54) is 24.3 Å². The SMILES string of the molecule is CN1CCN(NC(=O)C(=O)Nc2ccc(F)cc2)CC1. The summed E-state index contributed by atoms with van der Waals surface area (Å²) < 4.78 is 12.7. The van der Waals surface area contributed by atoms with Crippen LogP contribution in [0.2, 0.25) is 0 Å². The molecule has 1 fully saturated rings. The number of hydrazine groups is 1. The van der Waals surface area contributed by atoms with E-state index in [-0.39, 0.29) is 0 Å². The van der Waals surface area contributed by atoms with Crippen LogP contribution in [0.1, 0.15) is 0 Å². The van der Waals surface area contributed by atoms with Gasteiger partial charge in [-0.25, -0.2) is 9.40 Å². The second-order valence-corrected chi connectivity index (χ2v) is 4.69. The number of rotatable bonds is 2. The lowest BCUT2D eigenvalue weighted by atomic mass is 10.3. The fourth-order valence-electron chi connectivity index (χ4n) is 1.83. The Morgan fingerprint density at radius 3 is 2.25 bits per heavy atom. The molecule has 1 heterocycles. The first kappa shape index (κ1) is 14.4. The highest BCUT2D eigenvalue weighted by molar-refractivity contribution is 6.39. The van der Waals surface area contributed by atoms with Gasteiger partial charge in [0.05, 0.1) is 0 Å². The van der Waals surface area contributed by atoms with Crippen LogP contribution in [-0.4, -0.2) is 54.9 Å². The van der Waals surface area contributed by atoms with Crippen LogP contribution in [0, 0.1) is 5.82 Å². The van der Waals surface area contributed by atoms with Crippen LogP contribution in [0.4, 0.5) is 10.1 Å². The van der Waals surface area contributed by atoms with E-state index in [0.717, 1.165) is 13.1 Å². The van der Waals surface area contributed by atoms with Crippen molar-refractivity contribution in [3.05, 3.63) is 30.1 Å². The predicted molar refractivity (Wildman–Crippen MR) is 72.2 cm³/mol. The van der Waals surface area contributed by atoms with Gasteiger partial charge in [-0.2, -0.15) is 0 Å². The smallest absolute Gasteiger partial charge is 0.318 e. The topological polar surface area (TPSA) is 64.7 Å². The molecule has 2 rings (SSSR count). The highest BCUT2D eigenvalue weighted by Crippen LogP contribution is 2.07. The number of nitrogens with one attached hydrogen (secondary N) is 2. The van der Waals surface area contributed by atoms with E-state index in [1.54, 1.807) is 5.01 Å². The maximum absolute atomic E-state index is 12.7. The molecule has 0 aliphatic carbocycles. The molecule has 1 aliphatic rings. The monoisotopic (exact) mass is 280 g/mol. The third-order valence-electron chi connectivity index (χ3n) is 3.07. The highest BCUT2D eigenvalue weighted by Gasteiger charge is 2.20.